The highest BCUT2D eigenvalue weighted by atomic mass is 35.5. The first-order valence-corrected chi connectivity index (χ1v) is 11.2. The lowest BCUT2D eigenvalue weighted by Crippen LogP contribution is -2.37. The summed E-state index contributed by atoms with van der Waals surface area (Å²) in [6.07, 6.45) is -0.961. The summed E-state index contributed by atoms with van der Waals surface area (Å²) in [7, 11) is 0. The molecule has 0 saturated carbocycles. The van der Waals surface area contributed by atoms with Crippen molar-refractivity contribution in [3.63, 3.8) is 0 Å². The molecule has 1 fully saturated rings. The van der Waals surface area contributed by atoms with Crippen LogP contribution in [0.25, 0.3) is 16.9 Å². The number of benzene rings is 2. The Morgan fingerprint density at radius 2 is 1.73 bits per heavy atom. The maximum absolute atomic E-state index is 13.4. The Kier molecular flexibility index (Phi) is 7.05. The molecule has 5 nitrogen and oxygen atoms in total. The van der Waals surface area contributed by atoms with Gasteiger partial charge in [-0.2, -0.15) is 18.3 Å². The van der Waals surface area contributed by atoms with Gasteiger partial charge in [0.1, 0.15) is 0 Å². The fourth-order valence-corrected chi connectivity index (χ4v) is 4.15. The van der Waals surface area contributed by atoms with Gasteiger partial charge < -0.3 is 10.2 Å². The third kappa shape index (κ3) is 5.57. The van der Waals surface area contributed by atoms with Gasteiger partial charge in [0.15, 0.2) is 5.69 Å². The van der Waals surface area contributed by atoms with E-state index in [9.17, 15) is 18.0 Å². The van der Waals surface area contributed by atoms with Gasteiger partial charge in [-0.05, 0) is 56.3 Å². The van der Waals surface area contributed by atoms with E-state index in [4.69, 9.17) is 11.6 Å². The average Bonchev–Trinajstić information content (AvgIpc) is 3.26. The molecule has 174 valence electrons. The zero-order valence-electron chi connectivity index (χ0n) is 17.9. The summed E-state index contributed by atoms with van der Waals surface area (Å²) in [6.45, 7) is 3.48. The van der Waals surface area contributed by atoms with Gasteiger partial charge in [0.25, 0.3) is 5.91 Å². The topological polar surface area (TPSA) is 50.2 Å². The number of hydrogen-bond acceptors (Lipinski definition) is 3. The van der Waals surface area contributed by atoms with E-state index in [1.165, 1.54) is 23.9 Å². The van der Waals surface area contributed by atoms with E-state index in [-0.39, 0.29) is 16.6 Å². The molecule has 0 bridgehead atoms. The number of nitrogens with one attached hydrogen (secondary N) is 1. The summed E-state index contributed by atoms with van der Waals surface area (Å²) >= 11 is 6.21. The van der Waals surface area contributed by atoms with Crippen molar-refractivity contribution in [2.75, 3.05) is 26.2 Å². The Hall–Kier alpha value is -2.84. The van der Waals surface area contributed by atoms with Crippen LogP contribution in [0.4, 0.5) is 13.2 Å². The van der Waals surface area contributed by atoms with Crippen LogP contribution in [0.1, 0.15) is 35.3 Å². The minimum absolute atomic E-state index is 0.214. The number of aromatic nitrogens is 2. The standard InChI is InChI=1S/C24H24ClF3N4O/c25-19-6-2-3-7-20(19)32-21(16-22(30-32)24(26,27)28)17-8-10-18(11-9-17)23(33)29-12-15-31-13-4-1-5-14-31/h2-3,6-11,16H,1,4-5,12-15H2,(H,29,33). The van der Waals surface area contributed by atoms with Gasteiger partial charge in [-0.15, -0.1) is 0 Å². The van der Waals surface area contributed by atoms with Crippen molar-refractivity contribution in [3.05, 3.63) is 70.9 Å². The van der Waals surface area contributed by atoms with Gasteiger partial charge in [-0.25, -0.2) is 4.68 Å². The fourth-order valence-electron chi connectivity index (χ4n) is 3.94. The van der Waals surface area contributed by atoms with E-state index in [1.807, 2.05) is 0 Å². The average molecular weight is 477 g/mol. The number of rotatable bonds is 6. The van der Waals surface area contributed by atoms with Crippen LogP contribution < -0.4 is 5.32 Å². The molecule has 0 radical (unpaired) electrons. The first kappa shape index (κ1) is 23.3. The molecule has 0 unspecified atom stereocenters. The number of carbonyl (C=O) groups is 1. The Bertz CT molecular complexity index is 1110. The van der Waals surface area contributed by atoms with Crippen molar-refractivity contribution < 1.29 is 18.0 Å². The zero-order chi connectivity index (χ0) is 23.4. The molecular weight excluding hydrogens is 453 g/mol. The molecule has 0 aliphatic carbocycles. The first-order chi connectivity index (χ1) is 15.8. The number of piperidine rings is 1. The monoisotopic (exact) mass is 476 g/mol. The van der Waals surface area contributed by atoms with E-state index in [0.717, 1.165) is 25.7 Å². The number of hydrogen-bond donors (Lipinski definition) is 1. The Balaban J connectivity index is 1.52. The van der Waals surface area contributed by atoms with E-state index in [1.54, 1.807) is 48.5 Å². The summed E-state index contributed by atoms with van der Waals surface area (Å²) in [5.41, 5.74) is 0.480. The second kappa shape index (κ2) is 9.97. The Labute approximate surface area is 195 Å². The molecule has 0 atom stereocenters. The quantitative estimate of drug-likeness (QED) is 0.516. The van der Waals surface area contributed by atoms with Crippen molar-refractivity contribution in [3.8, 4) is 16.9 Å². The molecule has 1 aliphatic heterocycles. The maximum atomic E-state index is 13.4. The van der Waals surface area contributed by atoms with Crippen LogP contribution >= 0.6 is 11.6 Å². The Morgan fingerprint density at radius 3 is 2.39 bits per heavy atom. The minimum Gasteiger partial charge on any atom is -0.351 e. The van der Waals surface area contributed by atoms with Crippen molar-refractivity contribution >= 4 is 17.5 Å². The van der Waals surface area contributed by atoms with Crippen LogP contribution in [0.5, 0.6) is 0 Å². The lowest BCUT2D eigenvalue weighted by atomic mass is 10.1. The molecular formula is C24H24ClF3N4O. The lowest BCUT2D eigenvalue weighted by molar-refractivity contribution is -0.141. The second-order valence-corrected chi connectivity index (χ2v) is 8.42. The maximum Gasteiger partial charge on any atom is 0.435 e. The predicted molar refractivity (Wildman–Crippen MR) is 122 cm³/mol. The number of amides is 1. The van der Waals surface area contributed by atoms with Crippen molar-refractivity contribution in [1.29, 1.82) is 0 Å². The SMILES string of the molecule is O=C(NCCN1CCCCC1)c1ccc(-c2cc(C(F)(F)F)nn2-c2ccccc2Cl)cc1. The number of nitrogens with zero attached hydrogens (tertiary/aromatic N) is 3. The minimum atomic E-state index is -4.60. The number of likely N-dealkylation sites (tertiary alicyclic amines) is 1. The largest absolute Gasteiger partial charge is 0.435 e. The normalized spacial score (nSPS) is 14.9. The van der Waals surface area contributed by atoms with Crippen molar-refractivity contribution in [2.45, 2.75) is 25.4 Å². The second-order valence-electron chi connectivity index (χ2n) is 8.01. The molecule has 4 rings (SSSR count). The van der Waals surface area contributed by atoms with Gasteiger partial charge in [0, 0.05) is 24.2 Å². The third-order valence-electron chi connectivity index (χ3n) is 5.69. The highest BCUT2D eigenvalue weighted by Gasteiger charge is 2.35. The van der Waals surface area contributed by atoms with Crippen LogP contribution in [-0.4, -0.2) is 46.8 Å². The number of para-hydroxylation sites is 1. The van der Waals surface area contributed by atoms with Gasteiger partial charge in [0.2, 0.25) is 0 Å². The molecule has 1 saturated heterocycles. The number of halogens is 4. The summed E-state index contributed by atoms with van der Waals surface area (Å²) in [4.78, 5) is 14.8. The first-order valence-electron chi connectivity index (χ1n) is 10.9. The van der Waals surface area contributed by atoms with Crippen LogP contribution in [-0.2, 0) is 6.18 Å². The number of carbonyl (C=O) groups excluding carboxylic acids is 1. The summed E-state index contributed by atoms with van der Waals surface area (Å²) in [5, 5.41) is 6.94. The predicted octanol–water partition coefficient (Wildman–Crippen LogP) is 5.43. The van der Waals surface area contributed by atoms with Crippen LogP contribution in [0.15, 0.2) is 54.6 Å². The molecule has 1 amide bonds. The van der Waals surface area contributed by atoms with Crippen LogP contribution in [0, 0.1) is 0 Å². The zero-order valence-corrected chi connectivity index (χ0v) is 18.7. The van der Waals surface area contributed by atoms with Crippen molar-refractivity contribution in [2.24, 2.45) is 0 Å². The summed E-state index contributed by atoms with van der Waals surface area (Å²) in [5.74, 6) is -0.214. The van der Waals surface area contributed by atoms with E-state index in [2.05, 4.69) is 15.3 Å². The van der Waals surface area contributed by atoms with Gasteiger partial charge in [-0.1, -0.05) is 42.3 Å². The third-order valence-corrected chi connectivity index (χ3v) is 6.01. The fraction of sp³-hybridized carbons (Fsp3) is 0.333. The summed E-state index contributed by atoms with van der Waals surface area (Å²) in [6, 6.07) is 14.0. The molecule has 2 aromatic carbocycles. The van der Waals surface area contributed by atoms with E-state index in [0.29, 0.717) is 23.4 Å². The van der Waals surface area contributed by atoms with Gasteiger partial charge >= 0.3 is 6.18 Å². The lowest BCUT2D eigenvalue weighted by Gasteiger charge is -2.26. The van der Waals surface area contributed by atoms with Crippen LogP contribution in [0.3, 0.4) is 0 Å². The smallest absolute Gasteiger partial charge is 0.351 e. The van der Waals surface area contributed by atoms with Gasteiger partial charge in [0.05, 0.1) is 16.4 Å². The highest BCUT2D eigenvalue weighted by Crippen LogP contribution is 2.34. The van der Waals surface area contributed by atoms with Gasteiger partial charge in [-0.3, -0.25) is 4.79 Å². The molecule has 9 heteroatoms. The molecule has 1 N–H and O–H groups in total. The van der Waals surface area contributed by atoms with Crippen LogP contribution in [0.2, 0.25) is 5.02 Å². The molecule has 0 spiro atoms. The highest BCUT2D eigenvalue weighted by molar-refractivity contribution is 6.32. The summed E-state index contributed by atoms with van der Waals surface area (Å²) < 4.78 is 41.3. The molecule has 33 heavy (non-hydrogen) atoms. The molecule has 1 aromatic heterocycles. The van der Waals surface area contributed by atoms with E-state index < -0.39 is 11.9 Å². The van der Waals surface area contributed by atoms with E-state index >= 15 is 0 Å². The molecule has 1 aliphatic rings. The Morgan fingerprint density at radius 1 is 1.03 bits per heavy atom. The molecule has 2 heterocycles. The molecule has 3 aromatic rings. The number of alkyl halides is 3. The van der Waals surface area contributed by atoms with Crippen molar-refractivity contribution in [1.82, 2.24) is 20.0 Å².